The van der Waals surface area contributed by atoms with E-state index in [2.05, 4.69) is 17.6 Å². The van der Waals surface area contributed by atoms with Crippen LogP contribution in [0.5, 0.6) is 0 Å². The number of hydrogen-bond donors (Lipinski definition) is 2. The summed E-state index contributed by atoms with van der Waals surface area (Å²) in [6.45, 7) is 5.79. The van der Waals surface area contributed by atoms with Crippen LogP contribution >= 0.6 is 0 Å². The molecule has 0 spiro atoms. The van der Waals surface area contributed by atoms with E-state index in [9.17, 15) is 9.59 Å². The predicted molar refractivity (Wildman–Crippen MR) is 64.1 cm³/mol. The van der Waals surface area contributed by atoms with Gasteiger partial charge in [-0.25, -0.2) is 0 Å². The van der Waals surface area contributed by atoms with Crippen LogP contribution in [0.2, 0.25) is 0 Å². The van der Waals surface area contributed by atoms with Gasteiger partial charge in [-0.1, -0.05) is 13.3 Å². The smallest absolute Gasteiger partial charge is 0.236 e. The molecule has 0 aromatic rings. The van der Waals surface area contributed by atoms with Crippen molar-refractivity contribution >= 4 is 11.8 Å². The van der Waals surface area contributed by atoms with Crippen LogP contribution in [0.4, 0.5) is 0 Å². The number of nitrogens with zero attached hydrogens (tertiary/aromatic N) is 1. The molecule has 0 aromatic carbocycles. The van der Waals surface area contributed by atoms with Crippen molar-refractivity contribution < 1.29 is 9.59 Å². The Hall–Kier alpha value is -1.10. The van der Waals surface area contributed by atoms with Gasteiger partial charge < -0.3 is 10.2 Å². The summed E-state index contributed by atoms with van der Waals surface area (Å²) in [6.07, 6.45) is 2.05. The van der Waals surface area contributed by atoms with E-state index in [1.807, 2.05) is 6.92 Å². The molecule has 0 unspecified atom stereocenters. The third kappa shape index (κ3) is 7.23. The van der Waals surface area contributed by atoms with E-state index in [0.29, 0.717) is 13.1 Å². The number of rotatable bonds is 8. The second-order valence-corrected chi connectivity index (χ2v) is 3.71. The van der Waals surface area contributed by atoms with E-state index in [4.69, 9.17) is 0 Å². The lowest BCUT2D eigenvalue weighted by Gasteiger charge is -2.14. The minimum Gasteiger partial charge on any atom is -0.355 e. The van der Waals surface area contributed by atoms with Gasteiger partial charge >= 0.3 is 0 Å². The van der Waals surface area contributed by atoms with Gasteiger partial charge in [0.2, 0.25) is 11.8 Å². The Labute approximate surface area is 97.6 Å². The lowest BCUT2D eigenvalue weighted by molar-refractivity contribution is -0.128. The molecule has 0 heterocycles. The molecule has 0 aromatic heterocycles. The normalized spacial score (nSPS) is 9.94. The van der Waals surface area contributed by atoms with E-state index in [1.54, 1.807) is 11.9 Å². The van der Waals surface area contributed by atoms with Gasteiger partial charge in [0.1, 0.15) is 0 Å². The zero-order valence-corrected chi connectivity index (χ0v) is 10.5. The standard InChI is InChI=1S/C11H23N3O2/c1-4-6-7-13-10(15)8-12-9-11(16)14(3)5-2/h12H,4-9H2,1-3H3,(H,13,15). The second kappa shape index (κ2) is 9.15. The van der Waals surface area contributed by atoms with Crippen LogP contribution in [0.3, 0.4) is 0 Å². The molecule has 0 rings (SSSR count). The molecule has 0 atom stereocenters. The molecule has 0 saturated heterocycles. The lowest BCUT2D eigenvalue weighted by atomic mass is 10.3. The number of unbranched alkanes of at least 4 members (excludes halogenated alkanes) is 1. The molecule has 0 aliphatic heterocycles. The number of nitrogens with one attached hydrogen (secondary N) is 2. The van der Waals surface area contributed by atoms with E-state index in [0.717, 1.165) is 12.8 Å². The Morgan fingerprint density at radius 2 is 1.88 bits per heavy atom. The van der Waals surface area contributed by atoms with Crippen molar-refractivity contribution in [1.82, 2.24) is 15.5 Å². The van der Waals surface area contributed by atoms with Crippen LogP contribution in [0.25, 0.3) is 0 Å². The fourth-order valence-electron chi connectivity index (χ4n) is 1.06. The Kier molecular flexibility index (Phi) is 8.52. The molecule has 0 fully saturated rings. The Morgan fingerprint density at radius 3 is 2.44 bits per heavy atom. The van der Waals surface area contributed by atoms with Gasteiger partial charge in [-0.15, -0.1) is 0 Å². The summed E-state index contributed by atoms with van der Waals surface area (Å²) in [5.41, 5.74) is 0. The SMILES string of the molecule is CCCCNC(=O)CNCC(=O)N(C)CC. The Balaban J connectivity index is 3.50. The summed E-state index contributed by atoms with van der Waals surface area (Å²) in [5, 5.41) is 5.60. The molecular formula is C11H23N3O2. The summed E-state index contributed by atoms with van der Waals surface area (Å²) in [4.78, 5) is 24.2. The van der Waals surface area contributed by atoms with Gasteiger partial charge in [-0.05, 0) is 13.3 Å². The average molecular weight is 229 g/mol. The summed E-state index contributed by atoms with van der Waals surface area (Å²) >= 11 is 0. The van der Waals surface area contributed by atoms with Gasteiger partial charge in [0, 0.05) is 20.1 Å². The number of amides is 2. The number of carbonyl (C=O) groups is 2. The molecule has 94 valence electrons. The third-order valence-corrected chi connectivity index (χ3v) is 2.31. The molecule has 0 radical (unpaired) electrons. The first-order valence-corrected chi connectivity index (χ1v) is 5.83. The van der Waals surface area contributed by atoms with Gasteiger partial charge in [-0.2, -0.15) is 0 Å². The molecule has 0 aliphatic carbocycles. The largest absolute Gasteiger partial charge is 0.355 e. The maximum atomic E-state index is 11.3. The number of carbonyl (C=O) groups excluding carboxylic acids is 2. The van der Waals surface area contributed by atoms with E-state index in [1.165, 1.54) is 0 Å². The van der Waals surface area contributed by atoms with Gasteiger partial charge in [0.05, 0.1) is 13.1 Å². The molecule has 16 heavy (non-hydrogen) atoms. The average Bonchev–Trinajstić information content (AvgIpc) is 2.28. The van der Waals surface area contributed by atoms with Crippen molar-refractivity contribution in [2.24, 2.45) is 0 Å². The van der Waals surface area contributed by atoms with E-state index in [-0.39, 0.29) is 24.9 Å². The van der Waals surface area contributed by atoms with Crippen LogP contribution in [0, 0.1) is 0 Å². The first kappa shape index (κ1) is 14.9. The monoisotopic (exact) mass is 229 g/mol. The zero-order chi connectivity index (χ0) is 12.4. The van der Waals surface area contributed by atoms with Crippen LogP contribution in [-0.2, 0) is 9.59 Å². The highest BCUT2D eigenvalue weighted by Crippen LogP contribution is 1.83. The summed E-state index contributed by atoms with van der Waals surface area (Å²) in [6, 6.07) is 0. The molecule has 5 nitrogen and oxygen atoms in total. The second-order valence-electron chi connectivity index (χ2n) is 3.71. The van der Waals surface area contributed by atoms with Crippen molar-refractivity contribution in [3.63, 3.8) is 0 Å². The first-order chi connectivity index (χ1) is 7.61. The van der Waals surface area contributed by atoms with Gasteiger partial charge in [0.15, 0.2) is 0 Å². The molecular weight excluding hydrogens is 206 g/mol. The van der Waals surface area contributed by atoms with E-state index < -0.39 is 0 Å². The Morgan fingerprint density at radius 1 is 1.19 bits per heavy atom. The van der Waals surface area contributed by atoms with Gasteiger partial charge in [0.25, 0.3) is 0 Å². The summed E-state index contributed by atoms with van der Waals surface area (Å²) in [5.74, 6) is -0.0516. The fourth-order valence-corrected chi connectivity index (χ4v) is 1.06. The highest BCUT2D eigenvalue weighted by Gasteiger charge is 2.06. The van der Waals surface area contributed by atoms with Crippen molar-refractivity contribution in [3.05, 3.63) is 0 Å². The quantitative estimate of drug-likeness (QED) is 0.575. The molecule has 5 heteroatoms. The van der Waals surface area contributed by atoms with E-state index >= 15 is 0 Å². The van der Waals surface area contributed by atoms with Crippen LogP contribution in [0.1, 0.15) is 26.7 Å². The maximum absolute atomic E-state index is 11.3. The van der Waals surface area contributed by atoms with Crippen molar-refractivity contribution in [1.29, 1.82) is 0 Å². The Bertz CT molecular complexity index is 219. The number of likely N-dealkylation sites (N-methyl/N-ethyl adjacent to an activating group) is 1. The molecule has 0 aliphatic rings. The lowest BCUT2D eigenvalue weighted by Crippen LogP contribution is -2.40. The third-order valence-electron chi connectivity index (χ3n) is 2.31. The minimum absolute atomic E-state index is 0.00357. The van der Waals surface area contributed by atoms with Crippen LogP contribution in [0.15, 0.2) is 0 Å². The van der Waals surface area contributed by atoms with Crippen molar-refractivity contribution in [2.75, 3.05) is 33.2 Å². The van der Waals surface area contributed by atoms with Crippen molar-refractivity contribution in [3.8, 4) is 0 Å². The van der Waals surface area contributed by atoms with Crippen LogP contribution in [-0.4, -0.2) is 49.9 Å². The zero-order valence-electron chi connectivity index (χ0n) is 10.5. The summed E-state index contributed by atoms with van der Waals surface area (Å²) in [7, 11) is 1.74. The highest BCUT2D eigenvalue weighted by molar-refractivity contribution is 5.80. The maximum Gasteiger partial charge on any atom is 0.236 e. The number of hydrogen-bond acceptors (Lipinski definition) is 3. The minimum atomic E-state index is -0.0552. The topological polar surface area (TPSA) is 61.4 Å². The highest BCUT2D eigenvalue weighted by atomic mass is 16.2. The molecule has 2 amide bonds. The van der Waals surface area contributed by atoms with Gasteiger partial charge in [-0.3, -0.25) is 14.9 Å². The predicted octanol–water partition coefficient (Wildman–Crippen LogP) is -0.0294. The molecule has 0 saturated carbocycles. The molecule has 0 bridgehead atoms. The van der Waals surface area contributed by atoms with Crippen LogP contribution < -0.4 is 10.6 Å². The fraction of sp³-hybridized carbons (Fsp3) is 0.818. The summed E-state index contributed by atoms with van der Waals surface area (Å²) < 4.78 is 0. The molecule has 2 N–H and O–H groups in total. The first-order valence-electron chi connectivity index (χ1n) is 5.83. The van der Waals surface area contributed by atoms with Crippen molar-refractivity contribution in [2.45, 2.75) is 26.7 Å².